The van der Waals surface area contributed by atoms with E-state index in [9.17, 15) is 27.1 Å². The van der Waals surface area contributed by atoms with Crippen LogP contribution >= 0.6 is 0 Å². The van der Waals surface area contributed by atoms with E-state index >= 15 is 0 Å². The molecule has 2 unspecified atom stereocenters. The first-order valence-electron chi connectivity index (χ1n) is 6.42. The average molecular weight is 330 g/mol. The third-order valence-corrected chi connectivity index (χ3v) is 5.76. The lowest BCUT2D eigenvalue weighted by Gasteiger charge is -2.40. The summed E-state index contributed by atoms with van der Waals surface area (Å²) in [6, 6.07) is 0. The van der Waals surface area contributed by atoms with Crippen LogP contribution in [-0.2, 0) is 19.6 Å². The van der Waals surface area contributed by atoms with Gasteiger partial charge in [-0.15, -0.1) is 0 Å². The second-order valence-corrected chi connectivity index (χ2v) is 7.73. The molecule has 0 heterocycles. The van der Waals surface area contributed by atoms with Gasteiger partial charge in [0.15, 0.2) is 0 Å². The lowest BCUT2D eigenvalue weighted by Crippen LogP contribution is -2.42. The van der Waals surface area contributed by atoms with Gasteiger partial charge >= 0.3 is 21.3 Å². The van der Waals surface area contributed by atoms with E-state index < -0.39 is 38.8 Å². The predicted molar refractivity (Wildman–Crippen MR) is 69.2 cm³/mol. The quantitative estimate of drug-likeness (QED) is 0.584. The molecule has 124 valence electrons. The van der Waals surface area contributed by atoms with Crippen molar-refractivity contribution in [1.29, 1.82) is 0 Å². The standard InChI is InChI=1S/C12H20F2O6S/c1-10(2)8(4-5-11(10,3)7-15)6-20-9(16)12(13,14)21(17,18)19/h8,15H,4-7H2,1-3H3,(H,17,18,19). The van der Waals surface area contributed by atoms with Gasteiger partial charge in [0.1, 0.15) is 0 Å². The molecule has 1 saturated carbocycles. The van der Waals surface area contributed by atoms with Crippen LogP contribution < -0.4 is 0 Å². The highest BCUT2D eigenvalue weighted by Gasteiger charge is 2.56. The molecule has 2 N–H and O–H groups in total. The van der Waals surface area contributed by atoms with Gasteiger partial charge in [-0.05, 0) is 29.6 Å². The largest absolute Gasteiger partial charge is 0.465 e. The van der Waals surface area contributed by atoms with Crippen molar-refractivity contribution >= 4 is 16.1 Å². The van der Waals surface area contributed by atoms with E-state index in [0.717, 1.165) is 0 Å². The van der Waals surface area contributed by atoms with Gasteiger partial charge < -0.3 is 9.84 Å². The van der Waals surface area contributed by atoms with Crippen LogP contribution in [0.4, 0.5) is 8.78 Å². The van der Waals surface area contributed by atoms with Crippen LogP contribution in [0.1, 0.15) is 33.6 Å². The molecular formula is C12H20F2O6S. The van der Waals surface area contributed by atoms with Crippen LogP contribution in [0.5, 0.6) is 0 Å². The molecule has 1 aliphatic carbocycles. The van der Waals surface area contributed by atoms with E-state index in [1.54, 1.807) is 0 Å². The van der Waals surface area contributed by atoms with Gasteiger partial charge in [0.2, 0.25) is 0 Å². The first-order valence-corrected chi connectivity index (χ1v) is 7.86. The Morgan fingerprint density at radius 1 is 1.38 bits per heavy atom. The number of hydrogen-bond donors (Lipinski definition) is 2. The molecule has 1 fully saturated rings. The van der Waals surface area contributed by atoms with Crippen molar-refractivity contribution in [2.45, 2.75) is 38.9 Å². The maximum atomic E-state index is 13.1. The molecule has 0 amide bonds. The number of rotatable bonds is 5. The Balaban J connectivity index is 2.76. The summed E-state index contributed by atoms with van der Waals surface area (Å²) in [5.74, 6) is -2.59. The van der Waals surface area contributed by atoms with Crippen molar-refractivity contribution in [1.82, 2.24) is 0 Å². The first-order chi connectivity index (χ1) is 9.29. The molecule has 6 nitrogen and oxygen atoms in total. The Kier molecular flexibility index (Phi) is 4.73. The highest BCUT2D eigenvalue weighted by Crippen LogP contribution is 2.55. The SMILES string of the molecule is CC1(CO)CCC(COC(=O)C(F)(F)S(=O)(=O)O)C1(C)C. The van der Waals surface area contributed by atoms with E-state index in [4.69, 9.17) is 4.55 Å². The van der Waals surface area contributed by atoms with E-state index in [0.29, 0.717) is 12.8 Å². The third-order valence-electron chi connectivity index (χ3n) is 4.95. The number of hydrogen-bond acceptors (Lipinski definition) is 5. The number of alkyl halides is 2. The van der Waals surface area contributed by atoms with Crippen LogP contribution in [-0.4, -0.2) is 42.5 Å². The van der Waals surface area contributed by atoms with Crippen molar-refractivity contribution in [3.8, 4) is 0 Å². The van der Waals surface area contributed by atoms with Gasteiger partial charge in [0, 0.05) is 6.61 Å². The van der Waals surface area contributed by atoms with Gasteiger partial charge in [-0.3, -0.25) is 4.55 Å². The number of ether oxygens (including phenoxy) is 1. The van der Waals surface area contributed by atoms with Crippen LogP contribution in [0, 0.1) is 16.7 Å². The third kappa shape index (κ3) is 3.04. The Labute approximate surface area is 122 Å². The molecule has 0 aliphatic heterocycles. The summed E-state index contributed by atoms with van der Waals surface area (Å²) in [6.45, 7) is 5.02. The van der Waals surface area contributed by atoms with E-state index in [1.165, 1.54) is 0 Å². The lowest BCUT2D eigenvalue weighted by atomic mass is 9.66. The molecule has 0 aromatic heterocycles. The Bertz CT molecular complexity index is 516. The molecule has 9 heteroatoms. The summed E-state index contributed by atoms with van der Waals surface area (Å²) in [6.07, 6.45) is 1.18. The lowest BCUT2D eigenvalue weighted by molar-refractivity contribution is -0.164. The molecule has 21 heavy (non-hydrogen) atoms. The zero-order chi connectivity index (χ0) is 16.7. The maximum absolute atomic E-state index is 13.1. The number of halogens is 2. The van der Waals surface area contributed by atoms with Crippen molar-refractivity contribution in [2.24, 2.45) is 16.7 Å². The number of carbonyl (C=O) groups is 1. The molecule has 1 aliphatic rings. The molecule has 0 spiro atoms. The molecule has 0 aromatic rings. The van der Waals surface area contributed by atoms with Crippen LogP contribution in [0.25, 0.3) is 0 Å². The number of esters is 1. The predicted octanol–water partition coefficient (Wildman–Crippen LogP) is 1.45. The van der Waals surface area contributed by atoms with Crippen LogP contribution in [0.2, 0.25) is 0 Å². The second-order valence-electron chi connectivity index (χ2n) is 6.27. The summed E-state index contributed by atoms with van der Waals surface area (Å²) in [5, 5.41) is 4.48. The maximum Gasteiger partial charge on any atom is 0.465 e. The highest BCUT2D eigenvalue weighted by molar-refractivity contribution is 7.87. The first kappa shape index (κ1) is 18.2. The molecule has 0 radical (unpaired) electrons. The minimum atomic E-state index is -5.85. The monoisotopic (exact) mass is 330 g/mol. The highest BCUT2D eigenvalue weighted by atomic mass is 32.2. The number of carbonyl (C=O) groups excluding carboxylic acids is 1. The smallest absolute Gasteiger partial charge is 0.460 e. The van der Waals surface area contributed by atoms with Gasteiger partial charge in [-0.2, -0.15) is 17.2 Å². The molecule has 0 aromatic carbocycles. The average Bonchev–Trinajstić information content (AvgIpc) is 2.57. The minimum absolute atomic E-state index is 0.0916. The van der Waals surface area contributed by atoms with E-state index in [-0.39, 0.29) is 12.5 Å². The summed E-state index contributed by atoms with van der Waals surface area (Å²) in [7, 11) is -5.85. The van der Waals surface area contributed by atoms with Gasteiger partial charge in [-0.25, -0.2) is 4.79 Å². The molecule has 2 atom stereocenters. The Hall–Kier alpha value is -0.800. The summed E-state index contributed by atoms with van der Waals surface area (Å²) >= 11 is 0. The van der Waals surface area contributed by atoms with E-state index in [2.05, 4.69) is 4.74 Å². The topological polar surface area (TPSA) is 101 Å². The summed E-state index contributed by atoms with van der Waals surface area (Å²) in [4.78, 5) is 11.1. The molecule has 0 bridgehead atoms. The van der Waals surface area contributed by atoms with Crippen LogP contribution in [0.15, 0.2) is 0 Å². The van der Waals surface area contributed by atoms with Crippen molar-refractivity contribution < 1.29 is 36.4 Å². The van der Waals surface area contributed by atoms with Crippen molar-refractivity contribution in [3.63, 3.8) is 0 Å². The van der Waals surface area contributed by atoms with Gasteiger partial charge in [0.05, 0.1) is 6.61 Å². The Morgan fingerprint density at radius 2 is 1.90 bits per heavy atom. The fourth-order valence-electron chi connectivity index (χ4n) is 2.61. The zero-order valence-corrected chi connectivity index (χ0v) is 12.9. The minimum Gasteiger partial charge on any atom is -0.460 e. The van der Waals surface area contributed by atoms with Crippen molar-refractivity contribution in [3.05, 3.63) is 0 Å². The fourth-order valence-corrected chi connectivity index (χ4v) is 2.88. The molecule has 0 saturated heterocycles. The zero-order valence-electron chi connectivity index (χ0n) is 12.1. The van der Waals surface area contributed by atoms with Crippen LogP contribution in [0.3, 0.4) is 0 Å². The fraction of sp³-hybridized carbons (Fsp3) is 0.917. The normalized spacial score (nSPS) is 29.4. The van der Waals surface area contributed by atoms with E-state index in [1.807, 2.05) is 20.8 Å². The van der Waals surface area contributed by atoms with Crippen molar-refractivity contribution in [2.75, 3.05) is 13.2 Å². The van der Waals surface area contributed by atoms with Gasteiger partial charge in [-0.1, -0.05) is 20.8 Å². The van der Waals surface area contributed by atoms with Gasteiger partial charge in [0.25, 0.3) is 0 Å². The number of aliphatic hydroxyl groups excluding tert-OH is 1. The summed E-state index contributed by atoms with van der Waals surface area (Å²) < 4.78 is 59.7. The molecular weight excluding hydrogens is 310 g/mol. The molecule has 1 rings (SSSR count). The Morgan fingerprint density at radius 3 is 2.29 bits per heavy atom. The summed E-state index contributed by atoms with van der Waals surface area (Å²) in [5.41, 5.74) is -0.912. The second kappa shape index (κ2) is 5.44. The number of aliphatic hydroxyl groups is 1.